The molecule has 1 heteroatoms. The van der Waals surface area contributed by atoms with Crippen LogP contribution in [0.25, 0.3) is 0 Å². The van der Waals surface area contributed by atoms with Gasteiger partial charge in [0.15, 0.2) is 0 Å². The van der Waals surface area contributed by atoms with Crippen molar-refractivity contribution in [3.05, 3.63) is 102 Å². The van der Waals surface area contributed by atoms with Crippen molar-refractivity contribution in [1.29, 1.82) is 0 Å². The molecule has 0 N–H and O–H groups in total. The van der Waals surface area contributed by atoms with Gasteiger partial charge in [0.2, 0.25) is 0 Å². The minimum Gasteiger partial charge on any atom is -0.265 e. The van der Waals surface area contributed by atoms with Gasteiger partial charge in [-0.25, -0.2) is 0 Å². The van der Waals surface area contributed by atoms with E-state index < -0.39 is 0 Å². The van der Waals surface area contributed by atoms with Gasteiger partial charge in [-0.3, -0.25) is 4.98 Å². The van der Waals surface area contributed by atoms with Crippen molar-refractivity contribution in [3.8, 4) is 0 Å². The zero-order valence-electron chi connectivity index (χ0n) is 30.9. The molecule has 0 radical (unpaired) electrons. The second-order valence-corrected chi connectivity index (χ2v) is 18.5. The van der Waals surface area contributed by atoms with Gasteiger partial charge in [-0.05, 0) is 98.3 Å². The van der Waals surface area contributed by atoms with Crippen molar-refractivity contribution in [2.75, 3.05) is 0 Å². The van der Waals surface area contributed by atoms with E-state index in [4.69, 9.17) is 0 Å². The maximum absolute atomic E-state index is 4.45. The molecule has 1 heterocycles. The van der Waals surface area contributed by atoms with Crippen LogP contribution in [0.2, 0.25) is 0 Å². The lowest BCUT2D eigenvalue weighted by atomic mass is 9.49. The third-order valence-electron chi connectivity index (χ3n) is 12.0. The summed E-state index contributed by atoms with van der Waals surface area (Å²) in [6.45, 7) is 34.8. The lowest BCUT2D eigenvalue weighted by molar-refractivity contribution is -0.00929. The Kier molecular flexibility index (Phi) is 10.8. The summed E-state index contributed by atoms with van der Waals surface area (Å²) in [6, 6.07) is 27.1. The van der Waals surface area contributed by atoms with Crippen LogP contribution in [-0.4, -0.2) is 4.98 Å². The summed E-state index contributed by atoms with van der Waals surface area (Å²) in [4.78, 5) is 4.45. The fourth-order valence-electron chi connectivity index (χ4n) is 7.57. The molecule has 3 unspecified atom stereocenters. The van der Waals surface area contributed by atoms with Crippen molar-refractivity contribution in [3.63, 3.8) is 0 Å². The van der Waals surface area contributed by atoms with Crippen LogP contribution in [0.1, 0.15) is 151 Å². The maximum Gasteiger partial charge on any atom is 0.0270 e. The maximum atomic E-state index is 4.45. The van der Waals surface area contributed by atoms with E-state index in [1.54, 1.807) is 0 Å². The number of rotatable bonds is 12. The molecular weight excluding hydrogens is 530 g/mol. The Hall–Kier alpha value is -2.41. The largest absolute Gasteiger partial charge is 0.265 e. The van der Waals surface area contributed by atoms with Gasteiger partial charge in [-0.2, -0.15) is 0 Å². The predicted octanol–water partition coefficient (Wildman–Crippen LogP) is 13.1. The van der Waals surface area contributed by atoms with Crippen LogP contribution in [0.5, 0.6) is 0 Å². The Balaban J connectivity index is 2.09. The second kappa shape index (κ2) is 13.1. The van der Waals surface area contributed by atoms with E-state index in [-0.39, 0.29) is 32.5 Å². The van der Waals surface area contributed by atoms with Crippen LogP contribution < -0.4 is 0 Å². The Bertz CT molecular complexity index is 1280. The molecule has 0 bridgehead atoms. The molecular formula is C43H65N. The second-order valence-electron chi connectivity index (χ2n) is 18.5. The molecule has 0 saturated carbocycles. The first kappa shape index (κ1) is 36.1. The topological polar surface area (TPSA) is 12.9 Å². The normalized spacial score (nSPS) is 16.0. The molecule has 0 aliphatic rings. The molecule has 1 aromatic heterocycles. The van der Waals surface area contributed by atoms with Gasteiger partial charge in [0.25, 0.3) is 0 Å². The third kappa shape index (κ3) is 8.24. The molecule has 3 rings (SSSR count). The molecule has 0 saturated heterocycles. The number of aromatic nitrogens is 1. The number of pyridine rings is 1. The SMILES string of the molecule is CC(C)(C)CC(c1ccccc1)C(C)(C)C(C)(C)CC(c1ccncc1)C(C)(C)C(C)(C)CC(c1ccccc1)C(C)(C)C. The van der Waals surface area contributed by atoms with Crippen molar-refractivity contribution >= 4 is 0 Å². The minimum absolute atomic E-state index is 0.0201. The summed E-state index contributed by atoms with van der Waals surface area (Å²) in [7, 11) is 0. The first-order valence-electron chi connectivity index (χ1n) is 17.1. The van der Waals surface area contributed by atoms with E-state index in [2.05, 4.69) is 175 Å². The Morgan fingerprint density at radius 3 is 1.16 bits per heavy atom. The van der Waals surface area contributed by atoms with E-state index in [1.165, 1.54) is 16.7 Å². The van der Waals surface area contributed by atoms with Crippen molar-refractivity contribution < 1.29 is 0 Å². The molecule has 3 aromatic rings. The van der Waals surface area contributed by atoms with Crippen LogP contribution in [0, 0.1) is 32.5 Å². The lowest BCUT2D eigenvalue weighted by Crippen LogP contribution is -2.45. The zero-order chi connectivity index (χ0) is 33.2. The molecule has 0 spiro atoms. The molecule has 0 fully saturated rings. The van der Waals surface area contributed by atoms with E-state index in [0.717, 1.165) is 19.3 Å². The van der Waals surface area contributed by atoms with E-state index in [9.17, 15) is 0 Å². The molecule has 44 heavy (non-hydrogen) atoms. The highest BCUT2D eigenvalue weighted by molar-refractivity contribution is 5.27. The average molecular weight is 596 g/mol. The fraction of sp³-hybridized carbons (Fsp3) is 0.605. The lowest BCUT2D eigenvalue weighted by Gasteiger charge is -2.55. The van der Waals surface area contributed by atoms with Gasteiger partial charge < -0.3 is 0 Å². The standard InChI is InChI=1S/C43H65N/c1-38(2,3)29-36(33-23-19-16-20-24-33)42(11,12)41(9,10)31-37(34-25-27-44-28-26-34)43(13,14)40(7,8)30-35(39(4,5)6)32-21-17-15-18-22-32/h15-28,35-37H,29-31H2,1-14H3. The number of hydrogen-bond donors (Lipinski definition) is 0. The average Bonchev–Trinajstić information content (AvgIpc) is 2.93. The number of hydrogen-bond acceptors (Lipinski definition) is 1. The van der Waals surface area contributed by atoms with E-state index in [1.807, 2.05) is 12.4 Å². The summed E-state index contributed by atoms with van der Waals surface area (Å²) in [5, 5.41) is 0. The summed E-state index contributed by atoms with van der Waals surface area (Å²) >= 11 is 0. The molecule has 242 valence electrons. The highest BCUT2D eigenvalue weighted by atomic mass is 14.6. The van der Waals surface area contributed by atoms with Crippen LogP contribution >= 0.6 is 0 Å². The Morgan fingerprint density at radius 2 is 0.773 bits per heavy atom. The van der Waals surface area contributed by atoms with Gasteiger partial charge in [-0.15, -0.1) is 0 Å². The quantitative estimate of drug-likeness (QED) is 0.203. The van der Waals surface area contributed by atoms with E-state index in [0.29, 0.717) is 17.8 Å². The first-order chi connectivity index (χ1) is 20.1. The summed E-state index contributed by atoms with van der Waals surface area (Å²) in [6.07, 6.45) is 7.40. The van der Waals surface area contributed by atoms with Crippen LogP contribution in [0.3, 0.4) is 0 Å². The number of benzene rings is 2. The zero-order valence-corrected chi connectivity index (χ0v) is 30.9. The predicted molar refractivity (Wildman–Crippen MR) is 193 cm³/mol. The van der Waals surface area contributed by atoms with Crippen LogP contribution in [0.4, 0.5) is 0 Å². The van der Waals surface area contributed by atoms with Gasteiger partial charge in [0.1, 0.15) is 0 Å². The number of nitrogens with zero attached hydrogens (tertiary/aromatic N) is 1. The van der Waals surface area contributed by atoms with Crippen molar-refractivity contribution in [2.45, 2.75) is 134 Å². The molecule has 0 aliphatic heterocycles. The summed E-state index contributed by atoms with van der Waals surface area (Å²) in [5.41, 5.74) is 4.95. The molecule has 1 nitrogen and oxygen atoms in total. The van der Waals surface area contributed by atoms with Gasteiger partial charge >= 0.3 is 0 Å². The van der Waals surface area contributed by atoms with E-state index >= 15 is 0 Å². The molecule has 3 atom stereocenters. The third-order valence-corrected chi connectivity index (χ3v) is 12.0. The molecule has 0 aliphatic carbocycles. The summed E-state index contributed by atoms with van der Waals surface area (Å²) in [5.74, 6) is 1.29. The summed E-state index contributed by atoms with van der Waals surface area (Å²) < 4.78 is 0. The highest BCUT2D eigenvalue weighted by Gasteiger charge is 2.51. The van der Waals surface area contributed by atoms with Gasteiger partial charge in [0.05, 0.1) is 0 Å². The molecule has 2 aromatic carbocycles. The van der Waals surface area contributed by atoms with Crippen molar-refractivity contribution in [2.24, 2.45) is 32.5 Å². The molecule has 0 amide bonds. The Labute approximate surface area is 272 Å². The van der Waals surface area contributed by atoms with Crippen LogP contribution in [0.15, 0.2) is 85.2 Å². The first-order valence-corrected chi connectivity index (χ1v) is 17.1. The fourth-order valence-corrected chi connectivity index (χ4v) is 7.57. The minimum atomic E-state index is 0.0201. The van der Waals surface area contributed by atoms with Crippen molar-refractivity contribution in [1.82, 2.24) is 4.98 Å². The Morgan fingerprint density at radius 1 is 0.432 bits per heavy atom. The van der Waals surface area contributed by atoms with Gasteiger partial charge in [0, 0.05) is 12.4 Å². The smallest absolute Gasteiger partial charge is 0.0270 e. The highest BCUT2D eigenvalue weighted by Crippen LogP contribution is 2.62. The monoisotopic (exact) mass is 596 g/mol. The van der Waals surface area contributed by atoms with Gasteiger partial charge in [-0.1, -0.05) is 158 Å². The van der Waals surface area contributed by atoms with Crippen LogP contribution in [-0.2, 0) is 0 Å².